The van der Waals surface area contributed by atoms with Gasteiger partial charge in [-0.15, -0.1) is 0 Å². The molecule has 2 rings (SSSR count). The van der Waals surface area contributed by atoms with E-state index in [2.05, 4.69) is 5.32 Å². The van der Waals surface area contributed by atoms with Crippen LogP contribution in [0.15, 0.2) is 30.5 Å². The molecule has 0 aliphatic heterocycles. The maximum atomic E-state index is 11.7. The predicted molar refractivity (Wildman–Crippen MR) is 70.2 cm³/mol. The van der Waals surface area contributed by atoms with Crippen LogP contribution in [0, 0.1) is 0 Å². The van der Waals surface area contributed by atoms with Gasteiger partial charge in [-0.1, -0.05) is 17.7 Å². The summed E-state index contributed by atoms with van der Waals surface area (Å²) in [5.74, 6) is 0.0116. The van der Waals surface area contributed by atoms with Crippen LogP contribution >= 0.6 is 11.6 Å². The zero-order valence-corrected chi connectivity index (χ0v) is 10.7. The molecule has 1 amide bonds. The molecule has 0 unspecified atom stereocenters. The van der Waals surface area contributed by atoms with Crippen LogP contribution in [0.4, 0.5) is 0 Å². The van der Waals surface area contributed by atoms with E-state index in [0.717, 1.165) is 10.9 Å². The standard InChI is InChI=1S/C13H15ClN2O/c1-9(2)15-13(17)8-16-6-5-10-3-4-11(14)7-12(10)16/h3-7,9H,8H2,1-2H3,(H,15,17). The minimum absolute atomic E-state index is 0.0116. The number of carbonyl (C=O) groups excluding carboxylic acids is 1. The van der Waals surface area contributed by atoms with Crippen LogP contribution in [-0.4, -0.2) is 16.5 Å². The number of amides is 1. The number of benzene rings is 1. The molecule has 3 nitrogen and oxygen atoms in total. The van der Waals surface area contributed by atoms with Gasteiger partial charge in [0, 0.05) is 22.8 Å². The average Bonchev–Trinajstić information content (AvgIpc) is 2.60. The summed E-state index contributed by atoms with van der Waals surface area (Å²) in [6, 6.07) is 7.82. The van der Waals surface area contributed by atoms with Crippen molar-refractivity contribution in [1.29, 1.82) is 0 Å². The highest BCUT2D eigenvalue weighted by Crippen LogP contribution is 2.20. The van der Waals surface area contributed by atoms with Crippen LogP contribution in [0.1, 0.15) is 13.8 Å². The Morgan fingerprint density at radius 3 is 2.88 bits per heavy atom. The first-order valence-corrected chi connectivity index (χ1v) is 5.98. The summed E-state index contributed by atoms with van der Waals surface area (Å²) in [6.45, 7) is 4.22. The fourth-order valence-electron chi connectivity index (χ4n) is 1.82. The Labute approximate surface area is 105 Å². The number of nitrogens with zero attached hydrogens (tertiary/aromatic N) is 1. The highest BCUT2D eigenvalue weighted by atomic mass is 35.5. The van der Waals surface area contributed by atoms with Gasteiger partial charge < -0.3 is 9.88 Å². The molecule has 0 saturated heterocycles. The topological polar surface area (TPSA) is 34.0 Å². The van der Waals surface area contributed by atoms with Crippen molar-refractivity contribution in [2.75, 3.05) is 0 Å². The summed E-state index contributed by atoms with van der Waals surface area (Å²) in [7, 11) is 0. The molecule has 90 valence electrons. The molecule has 1 aromatic carbocycles. The van der Waals surface area contributed by atoms with Crippen molar-refractivity contribution in [2.24, 2.45) is 0 Å². The molecule has 0 spiro atoms. The normalized spacial score (nSPS) is 11.1. The van der Waals surface area contributed by atoms with Crippen molar-refractivity contribution in [3.63, 3.8) is 0 Å². The van der Waals surface area contributed by atoms with E-state index >= 15 is 0 Å². The van der Waals surface area contributed by atoms with Crippen LogP contribution in [-0.2, 0) is 11.3 Å². The molecule has 1 aromatic heterocycles. The number of aromatic nitrogens is 1. The SMILES string of the molecule is CC(C)NC(=O)Cn1ccc2ccc(Cl)cc21. The molecule has 1 heterocycles. The van der Waals surface area contributed by atoms with Gasteiger partial charge in [0.05, 0.1) is 0 Å². The Morgan fingerprint density at radius 1 is 1.41 bits per heavy atom. The van der Waals surface area contributed by atoms with Crippen LogP contribution < -0.4 is 5.32 Å². The van der Waals surface area contributed by atoms with Gasteiger partial charge in [0.1, 0.15) is 6.54 Å². The molecule has 0 radical (unpaired) electrons. The van der Waals surface area contributed by atoms with E-state index < -0.39 is 0 Å². The summed E-state index contributed by atoms with van der Waals surface area (Å²) in [5, 5.41) is 4.64. The number of fused-ring (bicyclic) bond motifs is 1. The Bertz CT molecular complexity index is 545. The number of carbonyl (C=O) groups is 1. The summed E-state index contributed by atoms with van der Waals surface area (Å²) < 4.78 is 1.90. The molecular weight excluding hydrogens is 236 g/mol. The first-order valence-electron chi connectivity index (χ1n) is 5.60. The molecule has 0 bridgehead atoms. The van der Waals surface area contributed by atoms with Gasteiger partial charge in [-0.25, -0.2) is 0 Å². The van der Waals surface area contributed by atoms with Gasteiger partial charge in [-0.2, -0.15) is 0 Å². The third-order valence-corrected chi connectivity index (χ3v) is 2.73. The molecule has 0 fully saturated rings. The third-order valence-electron chi connectivity index (χ3n) is 2.50. The highest BCUT2D eigenvalue weighted by molar-refractivity contribution is 6.31. The molecule has 17 heavy (non-hydrogen) atoms. The summed E-state index contributed by atoms with van der Waals surface area (Å²) in [4.78, 5) is 11.7. The minimum Gasteiger partial charge on any atom is -0.352 e. The first-order chi connectivity index (χ1) is 8.06. The molecule has 4 heteroatoms. The van der Waals surface area contributed by atoms with Gasteiger partial charge in [0.25, 0.3) is 0 Å². The van der Waals surface area contributed by atoms with Gasteiger partial charge >= 0.3 is 0 Å². The van der Waals surface area contributed by atoms with E-state index in [1.807, 2.05) is 48.9 Å². The van der Waals surface area contributed by atoms with E-state index in [1.54, 1.807) is 0 Å². The van der Waals surface area contributed by atoms with Crippen molar-refractivity contribution >= 4 is 28.4 Å². The zero-order chi connectivity index (χ0) is 12.4. The number of hydrogen-bond donors (Lipinski definition) is 1. The molecule has 0 atom stereocenters. The monoisotopic (exact) mass is 250 g/mol. The van der Waals surface area contributed by atoms with Crippen molar-refractivity contribution in [3.05, 3.63) is 35.5 Å². The Hall–Kier alpha value is -1.48. The molecule has 1 N–H and O–H groups in total. The molecule has 2 aromatic rings. The maximum Gasteiger partial charge on any atom is 0.240 e. The smallest absolute Gasteiger partial charge is 0.240 e. The third kappa shape index (κ3) is 2.80. The van der Waals surface area contributed by atoms with E-state index in [0.29, 0.717) is 11.6 Å². The highest BCUT2D eigenvalue weighted by Gasteiger charge is 2.07. The van der Waals surface area contributed by atoms with Crippen molar-refractivity contribution in [3.8, 4) is 0 Å². The summed E-state index contributed by atoms with van der Waals surface area (Å²) >= 11 is 5.95. The van der Waals surface area contributed by atoms with Crippen molar-refractivity contribution in [1.82, 2.24) is 9.88 Å². The number of hydrogen-bond acceptors (Lipinski definition) is 1. The molecule has 0 aliphatic carbocycles. The number of halogens is 1. The fourth-order valence-corrected chi connectivity index (χ4v) is 1.98. The lowest BCUT2D eigenvalue weighted by atomic mass is 10.2. The Morgan fingerprint density at radius 2 is 2.18 bits per heavy atom. The largest absolute Gasteiger partial charge is 0.352 e. The van der Waals surface area contributed by atoms with Gasteiger partial charge in [0.2, 0.25) is 5.91 Å². The lowest BCUT2D eigenvalue weighted by Gasteiger charge is -2.09. The van der Waals surface area contributed by atoms with Crippen molar-refractivity contribution in [2.45, 2.75) is 26.4 Å². The average molecular weight is 251 g/mol. The van der Waals surface area contributed by atoms with Crippen LogP contribution in [0.25, 0.3) is 10.9 Å². The second-order valence-corrected chi connectivity index (χ2v) is 4.81. The fraction of sp³-hybridized carbons (Fsp3) is 0.308. The summed E-state index contributed by atoms with van der Waals surface area (Å²) in [5.41, 5.74) is 0.983. The number of rotatable bonds is 3. The van der Waals surface area contributed by atoms with Crippen LogP contribution in [0.3, 0.4) is 0 Å². The van der Waals surface area contributed by atoms with E-state index in [4.69, 9.17) is 11.6 Å². The van der Waals surface area contributed by atoms with Gasteiger partial charge in [-0.3, -0.25) is 4.79 Å². The second kappa shape index (κ2) is 4.80. The minimum atomic E-state index is 0.0116. The van der Waals surface area contributed by atoms with E-state index in [-0.39, 0.29) is 11.9 Å². The lowest BCUT2D eigenvalue weighted by molar-refractivity contribution is -0.122. The molecule has 0 saturated carbocycles. The van der Waals surface area contributed by atoms with E-state index in [9.17, 15) is 4.79 Å². The van der Waals surface area contributed by atoms with E-state index in [1.165, 1.54) is 0 Å². The number of nitrogens with one attached hydrogen (secondary N) is 1. The lowest BCUT2D eigenvalue weighted by Crippen LogP contribution is -2.32. The summed E-state index contributed by atoms with van der Waals surface area (Å²) in [6.07, 6.45) is 1.90. The zero-order valence-electron chi connectivity index (χ0n) is 9.90. The Kier molecular flexibility index (Phi) is 3.38. The van der Waals surface area contributed by atoms with Crippen LogP contribution in [0.2, 0.25) is 5.02 Å². The van der Waals surface area contributed by atoms with Gasteiger partial charge in [-0.05, 0) is 37.4 Å². The second-order valence-electron chi connectivity index (χ2n) is 4.37. The molecule has 0 aliphatic rings. The van der Waals surface area contributed by atoms with Crippen molar-refractivity contribution < 1.29 is 4.79 Å². The Balaban J connectivity index is 2.24. The maximum absolute atomic E-state index is 11.7. The quantitative estimate of drug-likeness (QED) is 0.893. The van der Waals surface area contributed by atoms with Crippen LogP contribution in [0.5, 0.6) is 0 Å². The first kappa shape index (κ1) is 12.0. The molecular formula is C13H15ClN2O. The van der Waals surface area contributed by atoms with Gasteiger partial charge in [0.15, 0.2) is 0 Å². The predicted octanol–water partition coefficient (Wildman–Crippen LogP) is 2.82.